The normalized spacial score (nSPS) is 23.2. The van der Waals surface area contributed by atoms with Crippen LogP contribution in [-0.4, -0.2) is 41.7 Å². The molecule has 198 valence electrons. The van der Waals surface area contributed by atoms with E-state index in [2.05, 4.69) is 18.4 Å². The van der Waals surface area contributed by atoms with Crippen molar-refractivity contribution >= 4 is 5.97 Å². The number of aromatic hydroxyl groups is 1. The number of aliphatic hydroxyl groups excluding tert-OH is 1. The van der Waals surface area contributed by atoms with Crippen LogP contribution in [0.3, 0.4) is 0 Å². The summed E-state index contributed by atoms with van der Waals surface area (Å²) in [5.74, 6) is 0.0221. The fourth-order valence-corrected chi connectivity index (χ4v) is 6.44. The van der Waals surface area contributed by atoms with Gasteiger partial charge in [-0.2, -0.15) is 4.57 Å². The molecule has 0 unspecified atom stereocenters. The van der Waals surface area contributed by atoms with Crippen LogP contribution in [-0.2, 0) is 16.1 Å². The SMILES string of the molecule is COc1cc([C@@H]2c3cc4c(cc3[C@@H]([n+]3c(C)c(C)nc(C)c3C)[C@H]3COC(=O)[C@H]23)OCO4)cc(CO)c1O. The maximum atomic E-state index is 13.5. The lowest BCUT2D eigenvalue weighted by atomic mass is 9.65. The van der Waals surface area contributed by atoms with E-state index >= 15 is 0 Å². The minimum absolute atomic E-state index is 0.117. The molecule has 9 nitrogen and oxygen atoms in total. The first-order valence-electron chi connectivity index (χ1n) is 12.7. The molecule has 4 atom stereocenters. The number of methoxy groups -OCH3 is 1. The van der Waals surface area contributed by atoms with E-state index < -0.39 is 11.8 Å². The molecular formula is C29H31N2O7+. The lowest BCUT2D eigenvalue weighted by Crippen LogP contribution is -2.54. The zero-order valence-electron chi connectivity index (χ0n) is 22.1. The van der Waals surface area contributed by atoms with Crippen molar-refractivity contribution in [3.63, 3.8) is 0 Å². The van der Waals surface area contributed by atoms with Gasteiger partial charge in [0.15, 0.2) is 40.4 Å². The zero-order valence-corrected chi connectivity index (χ0v) is 22.1. The summed E-state index contributed by atoms with van der Waals surface area (Å²) in [6, 6.07) is 7.26. The van der Waals surface area contributed by atoms with Gasteiger partial charge in [-0.25, -0.2) is 4.98 Å². The minimum atomic E-state index is -0.506. The zero-order chi connectivity index (χ0) is 26.9. The lowest BCUT2D eigenvalue weighted by molar-refractivity contribution is -0.734. The van der Waals surface area contributed by atoms with Crippen molar-refractivity contribution < 1.29 is 38.5 Å². The maximum absolute atomic E-state index is 13.5. The fraction of sp³-hybridized carbons (Fsp3) is 0.414. The van der Waals surface area contributed by atoms with Crippen molar-refractivity contribution in [3.8, 4) is 23.0 Å². The van der Waals surface area contributed by atoms with Crippen LogP contribution >= 0.6 is 0 Å². The number of aliphatic hydroxyl groups is 1. The molecule has 3 aromatic rings. The first-order chi connectivity index (χ1) is 18.2. The van der Waals surface area contributed by atoms with Crippen LogP contribution in [0.25, 0.3) is 0 Å². The monoisotopic (exact) mass is 519 g/mol. The molecule has 1 aliphatic carbocycles. The van der Waals surface area contributed by atoms with Gasteiger partial charge in [0.1, 0.15) is 18.0 Å². The Labute approximate surface area is 220 Å². The van der Waals surface area contributed by atoms with Gasteiger partial charge in [-0.15, -0.1) is 0 Å². The summed E-state index contributed by atoms with van der Waals surface area (Å²) < 4.78 is 25.0. The average molecular weight is 520 g/mol. The van der Waals surface area contributed by atoms with Crippen molar-refractivity contribution in [2.75, 3.05) is 20.5 Å². The molecule has 2 aromatic carbocycles. The number of cyclic esters (lactones) is 1. The standard InChI is InChI=1S/C29H30N2O7/c1-13-15(3)31(16(4)14(2)30-13)27-20-9-23-22(37-12-38-23)8-19(20)25(26-21(27)11-36-29(26)34)17-6-18(10-32)28(33)24(7-17)35-5/h6-9,21,25-27,32H,10-12H2,1-5H3/p+1/t21-,25+,26-,27+/m0/s1. The number of aromatic nitrogens is 2. The summed E-state index contributed by atoms with van der Waals surface area (Å²) >= 11 is 0. The second-order valence-electron chi connectivity index (χ2n) is 10.3. The molecular weight excluding hydrogens is 488 g/mol. The van der Waals surface area contributed by atoms with E-state index in [0.717, 1.165) is 39.5 Å². The number of benzene rings is 2. The molecule has 1 fully saturated rings. The van der Waals surface area contributed by atoms with Gasteiger partial charge in [-0.1, -0.05) is 0 Å². The van der Waals surface area contributed by atoms with E-state index in [0.29, 0.717) is 17.1 Å². The highest BCUT2D eigenvalue weighted by molar-refractivity contribution is 5.79. The summed E-state index contributed by atoms with van der Waals surface area (Å²) in [4.78, 5) is 18.2. The summed E-state index contributed by atoms with van der Waals surface area (Å²) in [7, 11) is 1.46. The molecule has 3 heterocycles. The topological polar surface area (TPSA) is 111 Å². The number of rotatable bonds is 4. The van der Waals surface area contributed by atoms with Crippen LogP contribution in [0, 0.1) is 39.5 Å². The third-order valence-electron chi connectivity index (χ3n) is 8.46. The lowest BCUT2D eigenvalue weighted by Gasteiger charge is -2.37. The smallest absolute Gasteiger partial charge is 0.310 e. The summed E-state index contributed by atoms with van der Waals surface area (Å²) in [5, 5.41) is 20.5. The quantitative estimate of drug-likeness (QED) is 0.400. The van der Waals surface area contributed by atoms with E-state index in [1.54, 1.807) is 12.1 Å². The summed E-state index contributed by atoms with van der Waals surface area (Å²) in [6.45, 7) is 8.13. The summed E-state index contributed by atoms with van der Waals surface area (Å²) in [5.41, 5.74) is 6.89. The molecule has 0 amide bonds. The van der Waals surface area contributed by atoms with Crippen LogP contribution in [0.1, 0.15) is 57.0 Å². The Kier molecular flexibility index (Phi) is 5.72. The molecule has 0 radical (unpaired) electrons. The van der Waals surface area contributed by atoms with Crippen molar-refractivity contribution in [1.29, 1.82) is 0 Å². The first-order valence-corrected chi connectivity index (χ1v) is 12.7. The van der Waals surface area contributed by atoms with Crippen LogP contribution in [0.5, 0.6) is 23.0 Å². The number of ether oxygens (including phenoxy) is 4. The summed E-state index contributed by atoms with van der Waals surface area (Å²) in [6.07, 6.45) is 0. The van der Waals surface area contributed by atoms with Gasteiger partial charge in [0.25, 0.3) is 0 Å². The molecule has 6 rings (SSSR count). The molecule has 0 spiro atoms. The predicted octanol–water partition coefficient (Wildman–Crippen LogP) is 3.06. The van der Waals surface area contributed by atoms with E-state index in [1.165, 1.54) is 7.11 Å². The highest BCUT2D eigenvalue weighted by Crippen LogP contribution is 2.55. The van der Waals surface area contributed by atoms with Crippen LogP contribution in [0.4, 0.5) is 0 Å². The van der Waals surface area contributed by atoms with Gasteiger partial charge in [-0.05, 0) is 49.2 Å². The van der Waals surface area contributed by atoms with Gasteiger partial charge in [0.05, 0.1) is 25.6 Å². The fourth-order valence-electron chi connectivity index (χ4n) is 6.44. The van der Waals surface area contributed by atoms with Gasteiger partial charge < -0.3 is 29.2 Å². The van der Waals surface area contributed by atoms with Gasteiger partial charge in [0.2, 0.25) is 6.79 Å². The number of phenols is 1. The second-order valence-corrected chi connectivity index (χ2v) is 10.3. The Morgan fingerprint density at radius 3 is 2.29 bits per heavy atom. The molecule has 0 bridgehead atoms. The highest BCUT2D eigenvalue weighted by Gasteiger charge is 2.57. The second kappa shape index (κ2) is 8.87. The first kappa shape index (κ1) is 24.5. The molecule has 38 heavy (non-hydrogen) atoms. The van der Waals surface area contributed by atoms with Crippen molar-refractivity contribution in [1.82, 2.24) is 4.98 Å². The number of carbonyl (C=O) groups excluding carboxylic acids is 1. The number of hydrogen-bond donors (Lipinski definition) is 2. The van der Waals surface area contributed by atoms with E-state index in [1.807, 2.05) is 26.0 Å². The van der Waals surface area contributed by atoms with Gasteiger partial charge in [-0.3, -0.25) is 4.79 Å². The van der Waals surface area contributed by atoms with E-state index in [-0.39, 0.29) is 49.4 Å². The molecule has 2 N–H and O–H groups in total. The molecule has 0 saturated carbocycles. The van der Waals surface area contributed by atoms with E-state index in [4.69, 9.17) is 23.9 Å². The van der Waals surface area contributed by atoms with Crippen molar-refractivity contribution in [2.24, 2.45) is 11.8 Å². The largest absolute Gasteiger partial charge is 0.504 e. The Morgan fingerprint density at radius 2 is 1.66 bits per heavy atom. The average Bonchev–Trinajstić information content (AvgIpc) is 3.52. The predicted molar refractivity (Wildman–Crippen MR) is 134 cm³/mol. The van der Waals surface area contributed by atoms with Crippen LogP contribution in [0.2, 0.25) is 0 Å². The minimum Gasteiger partial charge on any atom is -0.504 e. The number of aryl methyl sites for hydroxylation is 2. The molecule has 1 aromatic heterocycles. The van der Waals surface area contributed by atoms with E-state index in [9.17, 15) is 15.0 Å². The third-order valence-corrected chi connectivity index (χ3v) is 8.46. The van der Waals surface area contributed by atoms with Gasteiger partial charge >= 0.3 is 5.97 Å². The van der Waals surface area contributed by atoms with Crippen molar-refractivity contribution in [3.05, 3.63) is 69.3 Å². The van der Waals surface area contributed by atoms with Crippen LogP contribution in [0.15, 0.2) is 24.3 Å². The Hall–Kier alpha value is -3.85. The number of carbonyl (C=O) groups is 1. The van der Waals surface area contributed by atoms with Gasteiger partial charge in [0, 0.05) is 30.9 Å². The Balaban J connectivity index is 1.66. The molecule has 2 aliphatic heterocycles. The number of fused-ring (bicyclic) bond motifs is 3. The molecule has 1 saturated heterocycles. The van der Waals surface area contributed by atoms with Crippen LogP contribution < -0.4 is 18.8 Å². The molecule has 9 heteroatoms. The number of nitrogens with zero attached hydrogens (tertiary/aromatic N) is 2. The van der Waals surface area contributed by atoms with Crippen molar-refractivity contribution in [2.45, 2.75) is 46.3 Å². The Morgan fingerprint density at radius 1 is 1.00 bits per heavy atom. The number of esters is 1. The maximum Gasteiger partial charge on any atom is 0.310 e. The molecule has 3 aliphatic rings. The number of hydrogen-bond acceptors (Lipinski definition) is 8. The Bertz CT molecular complexity index is 1430. The highest BCUT2D eigenvalue weighted by atomic mass is 16.7. The third kappa shape index (κ3) is 3.45.